The molecule has 2 aliphatic rings. The highest BCUT2D eigenvalue weighted by atomic mass is 32.2. The Morgan fingerprint density at radius 1 is 1.08 bits per heavy atom. The number of rotatable bonds is 1. The number of thioether (sulfide) groups is 1. The van der Waals surface area contributed by atoms with E-state index < -0.39 is 23.3 Å². The Morgan fingerprint density at radius 2 is 1.77 bits per heavy atom. The lowest BCUT2D eigenvalue weighted by Crippen LogP contribution is -2.46. The van der Waals surface area contributed by atoms with E-state index in [9.17, 15) is 23.1 Å². The number of alkyl halides is 3. The molecule has 136 valence electrons. The summed E-state index contributed by atoms with van der Waals surface area (Å²) in [6.07, 6.45) is -4.02. The van der Waals surface area contributed by atoms with Crippen LogP contribution < -0.4 is 0 Å². The van der Waals surface area contributed by atoms with E-state index in [0.717, 1.165) is 17.7 Å². The Labute approximate surface area is 153 Å². The van der Waals surface area contributed by atoms with E-state index in [1.807, 2.05) is 12.1 Å². The number of hydrogen-bond acceptors (Lipinski definition) is 3. The summed E-state index contributed by atoms with van der Waals surface area (Å²) in [7, 11) is 0. The van der Waals surface area contributed by atoms with Crippen molar-refractivity contribution in [3.8, 4) is 0 Å². The number of fused-ring (bicyclic) bond motifs is 1. The van der Waals surface area contributed by atoms with Crippen molar-refractivity contribution >= 4 is 17.5 Å². The Kier molecular flexibility index (Phi) is 4.15. The monoisotopic (exact) mass is 378 g/mol. The molecule has 2 nitrogen and oxygen atoms in total. The molecule has 4 rings (SSSR count). The minimum Gasteiger partial charge on any atom is -0.391 e. The van der Waals surface area contributed by atoms with Crippen LogP contribution in [0.25, 0.3) is 0 Å². The molecule has 2 aromatic rings. The second kappa shape index (κ2) is 6.13. The first kappa shape index (κ1) is 17.6. The SMILES string of the molecule is O=C1c2ccccc2CC[C@]12[C@@H](O)CS[C@H]2c1ccc(C(F)(F)F)cc1. The number of aliphatic hydroxyl groups excluding tert-OH is 1. The predicted molar refractivity (Wildman–Crippen MR) is 94.2 cm³/mol. The number of aliphatic hydroxyl groups is 1. The van der Waals surface area contributed by atoms with Crippen molar-refractivity contribution in [2.24, 2.45) is 5.41 Å². The second-order valence-electron chi connectivity index (χ2n) is 6.88. The molecule has 0 saturated carbocycles. The highest BCUT2D eigenvalue weighted by molar-refractivity contribution is 7.99. The van der Waals surface area contributed by atoms with Crippen molar-refractivity contribution in [3.63, 3.8) is 0 Å². The molecule has 1 heterocycles. The van der Waals surface area contributed by atoms with Gasteiger partial charge in [0, 0.05) is 16.6 Å². The smallest absolute Gasteiger partial charge is 0.391 e. The first-order chi connectivity index (χ1) is 12.3. The number of carbonyl (C=O) groups excluding carboxylic acids is 1. The van der Waals surface area contributed by atoms with E-state index in [0.29, 0.717) is 29.7 Å². The first-order valence-corrected chi connectivity index (χ1v) is 9.48. The molecule has 1 N–H and O–H groups in total. The number of Topliss-reactive ketones (excluding diaryl/α,β-unsaturated/α-hetero) is 1. The number of benzene rings is 2. The van der Waals surface area contributed by atoms with Crippen molar-refractivity contribution in [3.05, 3.63) is 70.8 Å². The summed E-state index contributed by atoms with van der Waals surface area (Å²) in [4.78, 5) is 13.3. The van der Waals surface area contributed by atoms with Gasteiger partial charge in [-0.1, -0.05) is 36.4 Å². The lowest BCUT2D eigenvalue weighted by Gasteiger charge is -2.40. The number of halogens is 3. The van der Waals surface area contributed by atoms with E-state index in [2.05, 4.69) is 0 Å². The van der Waals surface area contributed by atoms with Crippen molar-refractivity contribution in [1.82, 2.24) is 0 Å². The summed E-state index contributed by atoms with van der Waals surface area (Å²) in [5, 5.41) is 10.3. The molecule has 2 aromatic carbocycles. The third-order valence-corrected chi connectivity index (χ3v) is 7.05. The minimum atomic E-state index is -4.39. The predicted octanol–water partition coefficient (Wildman–Crippen LogP) is 4.67. The molecule has 0 radical (unpaired) electrons. The van der Waals surface area contributed by atoms with Gasteiger partial charge in [-0.05, 0) is 36.1 Å². The summed E-state index contributed by atoms with van der Waals surface area (Å²) >= 11 is 1.45. The third-order valence-electron chi connectivity index (χ3n) is 5.52. The van der Waals surface area contributed by atoms with Crippen LogP contribution >= 0.6 is 11.8 Å². The Morgan fingerprint density at radius 3 is 2.46 bits per heavy atom. The molecule has 0 aromatic heterocycles. The van der Waals surface area contributed by atoms with Gasteiger partial charge >= 0.3 is 6.18 Å². The van der Waals surface area contributed by atoms with Crippen LogP contribution in [-0.2, 0) is 12.6 Å². The van der Waals surface area contributed by atoms with Crippen LogP contribution in [0.3, 0.4) is 0 Å². The maximum absolute atomic E-state index is 13.3. The summed E-state index contributed by atoms with van der Waals surface area (Å²) in [6.45, 7) is 0. The number of aryl methyl sites for hydroxylation is 1. The van der Waals surface area contributed by atoms with E-state index in [1.54, 1.807) is 12.1 Å². The average Bonchev–Trinajstić information content (AvgIpc) is 2.95. The summed E-state index contributed by atoms with van der Waals surface area (Å²) in [5.74, 6) is 0.307. The largest absolute Gasteiger partial charge is 0.416 e. The highest BCUT2D eigenvalue weighted by Gasteiger charge is 2.57. The Bertz CT molecular complexity index is 847. The van der Waals surface area contributed by atoms with Gasteiger partial charge in [-0.15, -0.1) is 11.8 Å². The normalized spacial score (nSPS) is 28.4. The van der Waals surface area contributed by atoms with Gasteiger partial charge in [-0.3, -0.25) is 4.79 Å². The van der Waals surface area contributed by atoms with Crippen LogP contribution in [0.2, 0.25) is 0 Å². The Hall–Kier alpha value is -1.79. The first-order valence-electron chi connectivity index (χ1n) is 8.43. The fourth-order valence-electron chi connectivity index (χ4n) is 4.13. The standard InChI is InChI=1S/C20H17F3O2S/c21-20(22,23)14-7-5-13(6-8-14)18-19(16(24)11-26-18)10-9-12-3-1-2-4-15(12)17(19)25/h1-8,16,18,24H,9-11H2/t16-,18-,19-/m0/s1. The topological polar surface area (TPSA) is 37.3 Å². The van der Waals surface area contributed by atoms with Crippen molar-refractivity contribution in [2.45, 2.75) is 30.4 Å². The average molecular weight is 378 g/mol. The zero-order valence-corrected chi connectivity index (χ0v) is 14.6. The van der Waals surface area contributed by atoms with Crippen LogP contribution in [-0.4, -0.2) is 22.7 Å². The third kappa shape index (κ3) is 2.58. The van der Waals surface area contributed by atoms with Crippen LogP contribution in [0.15, 0.2) is 48.5 Å². The van der Waals surface area contributed by atoms with Crippen molar-refractivity contribution < 1.29 is 23.1 Å². The quantitative estimate of drug-likeness (QED) is 0.784. The van der Waals surface area contributed by atoms with Crippen molar-refractivity contribution in [2.75, 3.05) is 5.75 Å². The molecule has 0 amide bonds. The van der Waals surface area contributed by atoms with Crippen LogP contribution in [0, 0.1) is 5.41 Å². The lowest BCUT2D eigenvalue weighted by molar-refractivity contribution is -0.137. The molecular formula is C20H17F3O2S. The van der Waals surface area contributed by atoms with E-state index in [4.69, 9.17) is 0 Å². The van der Waals surface area contributed by atoms with Gasteiger partial charge in [0.1, 0.15) is 0 Å². The van der Waals surface area contributed by atoms with Gasteiger partial charge in [-0.2, -0.15) is 13.2 Å². The minimum absolute atomic E-state index is 0.0956. The van der Waals surface area contributed by atoms with Gasteiger partial charge < -0.3 is 5.11 Å². The molecule has 0 bridgehead atoms. The molecule has 6 heteroatoms. The van der Waals surface area contributed by atoms with Gasteiger partial charge in [0.15, 0.2) is 5.78 Å². The Balaban J connectivity index is 1.75. The lowest BCUT2D eigenvalue weighted by atomic mass is 9.64. The number of carbonyl (C=O) groups is 1. The molecule has 1 saturated heterocycles. The van der Waals surface area contributed by atoms with Gasteiger partial charge in [0.2, 0.25) is 0 Å². The van der Waals surface area contributed by atoms with Crippen LogP contribution in [0.1, 0.15) is 38.7 Å². The second-order valence-corrected chi connectivity index (χ2v) is 8.01. The van der Waals surface area contributed by atoms with Gasteiger partial charge in [-0.25, -0.2) is 0 Å². The molecular weight excluding hydrogens is 361 g/mol. The fraction of sp³-hybridized carbons (Fsp3) is 0.350. The molecule has 3 atom stereocenters. The number of hydrogen-bond donors (Lipinski definition) is 1. The summed E-state index contributed by atoms with van der Waals surface area (Å²) in [5.41, 5.74) is 0.570. The number of ketones is 1. The summed E-state index contributed by atoms with van der Waals surface area (Å²) < 4.78 is 38.5. The molecule has 1 aliphatic heterocycles. The van der Waals surface area contributed by atoms with Crippen molar-refractivity contribution in [1.29, 1.82) is 0 Å². The molecule has 0 unspecified atom stereocenters. The maximum Gasteiger partial charge on any atom is 0.416 e. The van der Waals surface area contributed by atoms with E-state index >= 15 is 0 Å². The molecule has 26 heavy (non-hydrogen) atoms. The fourth-order valence-corrected chi connectivity index (χ4v) is 5.83. The van der Waals surface area contributed by atoms with E-state index in [-0.39, 0.29) is 11.0 Å². The molecule has 1 aliphatic carbocycles. The van der Waals surface area contributed by atoms with E-state index in [1.165, 1.54) is 23.9 Å². The van der Waals surface area contributed by atoms with Gasteiger partial charge in [0.25, 0.3) is 0 Å². The van der Waals surface area contributed by atoms with Gasteiger partial charge in [0.05, 0.1) is 17.1 Å². The molecule has 1 spiro atoms. The maximum atomic E-state index is 13.3. The summed E-state index contributed by atoms with van der Waals surface area (Å²) in [6, 6.07) is 12.4. The van der Waals surface area contributed by atoms with Crippen LogP contribution in [0.5, 0.6) is 0 Å². The zero-order chi connectivity index (χ0) is 18.5. The van der Waals surface area contributed by atoms with Crippen LogP contribution in [0.4, 0.5) is 13.2 Å². The highest BCUT2D eigenvalue weighted by Crippen LogP contribution is 2.58. The molecule has 1 fully saturated rings. The zero-order valence-electron chi connectivity index (χ0n) is 13.8.